The summed E-state index contributed by atoms with van der Waals surface area (Å²) >= 11 is 0. The number of hydrogen-bond acceptors (Lipinski definition) is 10. The Balaban J connectivity index is -0.000000989. The second kappa shape index (κ2) is 63.8. The number of ether oxygens (including phenoxy) is 3. The molecule has 78 heavy (non-hydrogen) atoms. The van der Waals surface area contributed by atoms with E-state index < -0.39 is 0 Å². The molecule has 2 aliphatic heterocycles. The van der Waals surface area contributed by atoms with Gasteiger partial charge in [0, 0.05) is 45.3 Å². The van der Waals surface area contributed by atoms with Crippen LogP contribution in [0.3, 0.4) is 0 Å². The molecule has 2 saturated heterocycles. The third kappa shape index (κ3) is 64.5. The van der Waals surface area contributed by atoms with Gasteiger partial charge in [0.15, 0.2) is 0 Å². The molecule has 2 atom stereocenters. The van der Waals surface area contributed by atoms with Crippen LogP contribution >= 0.6 is 0 Å². The minimum atomic E-state index is -0.131. The lowest BCUT2D eigenvalue weighted by atomic mass is 9.99. The van der Waals surface area contributed by atoms with Crippen molar-refractivity contribution in [2.45, 2.75) is 352 Å². The minimum absolute atomic E-state index is 0.0127. The van der Waals surface area contributed by atoms with Gasteiger partial charge >= 0.3 is 11.9 Å². The quantitative estimate of drug-likeness (QED) is 0.0252. The highest BCUT2D eigenvalue weighted by atomic mass is 16.5. The van der Waals surface area contributed by atoms with Gasteiger partial charge < -0.3 is 23.9 Å². The highest BCUT2D eigenvalue weighted by molar-refractivity contribution is 5.75. The Morgan fingerprint density at radius 2 is 0.936 bits per heavy atom. The van der Waals surface area contributed by atoms with Crippen molar-refractivity contribution < 1.29 is 38.2 Å². The molecule has 0 saturated carbocycles. The predicted octanol–water partition coefficient (Wildman–Crippen LogP) is 19.1. The van der Waals surface area contributed by atoms with E-state index in [0.29, 0.717) is 38.1 Å². The summed E-state index contributed by atoms with van der Waals surface area (Å²) in [5.74, 6) is 2.24. The summed E-state index contributed by atoms with van der Waals surface area (Å²) in [6.45, 7) is 30.5. The molecule has 2 rings (SSSR count). The summed E-state index contributed by atoms with van der Waals surface area (Å²) < 4.78 is 15.8. The smallest absolute Gasteiger partial charge is 0.306 e. The van der Waals surface area contributed by atoms with Crippen molar-refractivity contribution >= 4 is 30.0 Å². The fourth-order valence-corrected chi connectivity index (χ4v) is 9.43. The van der Waals surface area contributed by atoms with Crippen LogP contribution in [-0.2, 0) is 38.2 Å². The average molecular weight is 1110 g/mol. The maximum Gasteiger partial charge on any atom is 0.306 e. The molecule has 10 heteroatoms. The zero-order chi connectivity index (χ0) is 58.5. The molecule has 0 radical (unpaired) electrons. The van der Waals surface area contributed by atoms with Crippen LogP contribution in [0, 0.1) is 11.8 Å². The van der Waals surface area contributed by atoms with Gasteiger partial charge in [-0.3, -0.25) is 24.1 Å². The van der Waals surface area contributed by atoms with Crippen LogP contribution in [0.15, 0.2) is 0 Å². The molecule has 0 aromatic carbocycles. The minimum Gasteiger partial charge on any atom is -0.468 e. The monoisotopic (exact) mass is 1110 g/mol. The number of hydrogen-bond donors (Lipinski definition) is 0. The standard InChI is InChI=1S/C26H50O4.C15H32.C11H19NO3.C11H21NO.C5H12/c1-3-5-7-9-12-16-20-25(21-17-13-10-8-6-4-2)30-26(28)22-18-14-11-15-19-23-29-24-27;1-4-6-7-8-9-10-11-12-13-14-15(3)5-2;1-3-11(14)15-10-5-7-12(8-10)6-4-9(2)13;1-11(13)7-3-2-4-8-12-9-5-6-10-12;1-4-5(2)3/h24-25H,3-23H2,1-2H3;15H,4-14H2,1-3H3;10H,3-8H2,1-2H3;2-10H2,1H3;5H,4H2,1-3H3. The van der Waals surface area contributed by atoms with Crippen molar-refractivity contribution in [2.75, 3.05) is 45.9 Å². The second-order valence-electron chi connectivity index (χ2n) is 23.7. The molecule has 0 spiro atoms. The molecular formula is C68H134N2O8. The van der Waals surface area contributed by atoms with Gasteiger partial charge in [-0.05, 0) is 116 Å². The highest BCUT2D eigenvalue weighted by Gasteiger charge is 2.25. The number of carbonyl (C=O) groups excluding carboxylic acids is 5. The first-order valence-electron chi connectivity index (χ1n) is 33.6. The van der Waals surface area contributed by atoms with Crippen LogP contribution in [0.5, 0.6) is 0 Å². The summed E-state index contributed by atoms with van der Waals surface area (Å²) in [6, 6.07) is 0. The molecule has 2 heterocycles. The number of ketones is 2. The van der Waals surface area contributed by atoms with Gasteiger partial charge in [-0.15, -0.1) is 0 Å². The summed E-state index contributed by atoms with van der Waals surface area (Å²) in [4.78, 5) is 59.6. The average Bonchev–Trinajstić information content (AvgIpc) is 4.13. The molecule has 0 aliphatic carbocycles. The van der Waals surface area contributed by atoms with Gasteiger partial charge in [-0.1, -0.05) is 229 Å². The van der Waals surface area contributed by atoms with Crippen LogP contribution < -0.4 is 0 Å². The van der Waals surface area contributed by atoms with Gasteiger partial charge in [0.1, 0.15) is 23.8 Å². The van der Waals surface area contributed by atoms with E-state index in [2.05, 4.69) is 69.9 Å². The van der Waals surface area contributed by atoms with E-state index in [0.717, 1.165) is 95.7 Å². The number of carbonyl (C=O) groups is 5. The molecule has 0 aromatic rings. The maximum atomic E-state index is 12.3. The zero-order valence-corrected chi connectivity index (χ0v) is 54.0. The third-order valence-corrected chi connectivity index (χ3v) is 15.4. The molecular weight excluding hydrogens is 973 g/mol. The van der Waals surface area contributed by atoms with E-state index in [1.54, 1.807) is 20.8 Å². The number of esters is 2. The topological polar surface area (TPSA) is 120 Å². The lowest BCUT2D eigenvalue weighted by Gasteiger charge is -2.18. The van der Waals surface area contributed by atoms with Crippen LogP contribution in [0.2, 0.25) is 0 Å². The SMILES string of the molecule is CC(=O)CCCCCN1CCCC1.CCC(=O)OC1CCN(CCC(C)=O)C1.CCC(C)C.CCCCCCCCC(CCCCCCCC)OC(=O)CCCCCCCOC=O.CCCCCCCCCCCC(C)CC. The van der Waals surface area contributed by atoms with Crippen LogP contribution in [0.1, 0.15) is 339 Å². The number of unbranched alkanes of at least 4 members (excludes halogenated alkanes) is 24. The summed E-state index contributed by atoms with van der Waals surface area (Å²) in [7, 11) is 0. The molecule has 0 amide bonds. The van der Waals surface area contributed by atoms with E-state index in [4.69, 9.17) is 9.47 Å². The number of rotatable bonds is 47. The molecule has 2 unspecified atom stereocenters. The Morgan fingerprint density at radius 1 is 0.487 bits per heavy atom. The van der Waals surface area contributed by atoms with Crippen molar-refractivity contribution in [1.82, 2.24) is 9.80 Å². The first-order valence-corrected chi connectivity index (χ1v) is 33.6. The first-order chi connectivity index (χ1) is 37.7. The Hall–Kier alpha value is -2.33. The molecule has 0 N–H and O–H groups in total. The van der Waals surface area contributed by atoms with Gasteiger partial charge in [0.2, 0.25) is 0 Å². The lowest BCUT2D eigenvalue weighted by molar-refractivity contribution is -0.150. The summed E-state index contributed by atoms with van der Waals surface area (Å²) in [5, 5.41) is 0. The van der Waals surface area contributed by atoms with Crippen LogP contribution in [0.4, 0.5) is 0 Å². The van der Waals surface area contributed by atoms with Crippen LogP contribution in [0.25, 0.3) is 0 Å². The van der Waals surface area contributed by atoms with E-state index in [1.165, 1.54) is 199 Å². The Kier molecular flexibility index (Phi) is 65.4. The van der Waals surface area contributed by atoms with Crippen molar-refractivity contribution in [3.8, 4) is 0 Å². The van der Waals surface area contributed by atoms with Crippen molar-refractivity contribution in [3.05, 3.63) is 0 Å². The molecule has 0 aromatic heterocycles. The van der Waals surface area contributed by atoms with Gasteiger partial charge in [-0.2, -0.15) is 0 Å². The summed E-state index contributed by atoms with van der Waals surface area (Å²) in [5.41, 5.74) is 0. The van der Waals surface area contributed by atoms with Crippen LogP contribution in [-0.4, -0.2) is 97.9 Å². The van der Waals surface area contributed by atoms with Gasteiger partial charge in [0.05, 0.1) is 6.61 Å². The molecule has 2 fully saturated rings. The Morgan fingerprint density at radius 3 is 1.40 bits per heavy atom. The fraction of sp³-hybridized carbons (Fsp3) is 0.926. The lowest BCUT2D eigenvalue weighted by Crippen LogP contribution is -2.26. The van der Waals surface area contributed by atoms with Gasteiger partial charge in [0.25, 0.3) is 6.47 Å². The Labute approximate surface area is 485 Å². The van der Waals surface area contributed by atoms with Crippen molar-refractivity contribution in [3.63, 3.8) is 0 Å². The fourth-order valence-electron chi connectivity index (χ4n) is 9.43. The molecule has 10 nitrogen and oxygen atoms in total. The molecule has 2 aliphatic rings. The molecule has 0 bridgehead atoms. The van der Waals surface area contributed by atoms with Gasteiger partial charge in [-0.25, -0.2) is 0 Å². The largest absolute Gasteiger partial charge is 0.468 e. The third-order valence-electron chi connectivity index (χ3n) is 15.4. The maximum absolute atomic E-state index is 12.3. The first kappa shape index (κ1) is 79.9. The predicted molar refractivity (Wildman–Crippen MR) is 333 cm³/mol. The van der Waals surface area contributed by atoms with E-state index in [9.17, 15) is 24.0 Å². The normalized spacial score (nSPS) is 14.5. The zero-order valence-electron chi connectivity index (χ0n) is 54.0. The number of likely N-dealkylation sites (tertiary alicyclic amines) is 2. The molecule has 464 valence electrons. The van der Waals surface area contributed by atoms with E-state index in [-0.39, 0.29) is 29.9 Å². The highest BCUT2D eigenvalue weighted by Crippen LogP contribution is 2.20. The van der Waals surface area contributed by atoms with E-state index >= 15 is 0 Å². The second-order valence-corrected chi connectivity index (χ2v) is 23.7. The summed E-state index contributed by atoms with van der Waals surface area (Å²) in [6.07, 6.45) is 49.4. The number of nitrogens with zero attached hydrogens (tertiary/aromatic N) is 2. The number of Topliss-reactive ketones (excluding diaryl/α,β-unsaturated/α-hetero) is 2. The van der Waals surface area contributed by atoms with E-state index in [1.807, 2.05) is 0 Å². The van der Waals surface area contributed by atoms with Crippen molar-refractivity contribution in [1.29, 1.82) is 0 Å². The van der Waals surface area contributed by atoms with Crippen molar-refractivity contribution in [2.24, 2.45) is 11.8 Å². The Bertz CT molecular complexity index is 1270.